The van der Waals surface area contributed by atoms with E-state index < -0.39 is 0 Å². The lowest BCUT2D eigenvalue weighted by atomic mass is 9.81. The molecule has 0 bridgehead atoms. The van der Waals surface area contributed by atoms with Gasteiger partial charge in [-0.2, -0.15) is 0 Å². The fourth-order valence-corrected chi connectivity index (χ4v) is 12.4. The maximum absolute atomic E-state index is 2.44. The van der Waals surface area contributed by atoms with Crippen LogP contribution in [0.15, 0.2) is 194 Å². The van der Waals surface area contributed by atoms with Crippen molar-refractivity contribution in [3.8, 4) is 22.3 Å². The molecule has 2 aliphatic rings. The second-order valence-corrected chi connectivity index (χ2v) is 28.5. The molecule has 0 unspecified atom stereocenters. The lowest BCUT2D eigenvalue weighted by molar-refractivity contribution is 0.590. The van der Waals surface area contributed by atoms with Gasteiger partial charge in [0.25, 0.3) is 0 Å². The first-order valence-corrected chi connectivity index (χ1v) is 29.7. The predicted molar refractivity (Wildman–Crippen MR) is 356 cm³/mol. The standard InChI is InChI=1S/C80H84N2/c1-75(2,3)57-27-35-61(36-28-57)81(62-37-29-58(30-38-62)76(4,5)6)65-43-47-69-67-45-25-55(49-71(67)79(13,14)73(69)51-65)23-21-53-17-19-54(20-18-53)22-24-56-26-46-68-70-48-44-66(52-74(70)80(15,16)72(68)50-56)82(63-39-31-59(32-40-63)77(7,8)9)64-41-33-60(34-42-64)78(10,11)12/h17-52H,1-16H3/b23-21+,24-22+. The van der Waals surface area contributed by atoms with Gasteiger partial charge in [0.05, 0.1) is 0 Å². The number of rotatable bonds is 10. The molecule has 0 spiro atoms. The highest BCUT2D eigenvalue weighted by molar-refractivity contribution is 5.89. The van der Waals surface area contributed by atoms with Crippen LogP contribution in [0.25, 0.3) is 46.6 Å². The fourth-order valence-electron chi connectivity index (χ4n) is 12.4. The van der Waals surface area contributed by atoms with Gasteiger partial charge in [-0.3, -0.25) is 0 Å². The Kier molecular flexibility index (Phi) is 14.0. The fraction of sp³-hybridized carbons (Fsp3) is 0.275. The summed E-state index contributed by atoms with van der Waals surface area (Å²) in [5.74, 6) is 0. The van der Waals surface area contributed by atoms with Gasteiger partial charge in [-0.15, -0.1) is 0 Å². The molecule has 0 saturated carbocycles. The molecule has 0 amide bonds. The molecule has 9 aromatic rings. The third kappa shape index (κ3) is 10.7. The Hall–Kier alpha value is -7.94. The first-order valence-electron chi connectivity index (χ1n) is 29.7. The Balaban J connectivity index is 0.801. The molecule has 0 aromatic heterocycles. The highest BCUT2D eigenvalue weighted by Gasteiger charge is 2.38. The molecule has 2 nitrogen and oxygen atoms in total. The molecule has 2 aliphatic carbocycles. The molecule has 9 aromatic carbocycles. The van der Waals surface area contributed by atoms with E-state index in [0.29, 0.717) is 0 Å². The summed E-state index contributed by atoms with van der Waals surface area (Å²) in [6.45, 7) is 36.9. The van der Waals surface area contributed by atoms with Crippen LogP contribution in [0.4, 0.5) is 34.1 Å². The SMILES string of the molecule is CC(C)(C)c1ccc(N(c2ccc(C(C)(C)C)cc2)c2ccc3c(c2)C(C)(C)c2cc(/C=C/c4ccc(/C=C/c5ccc6c(c5)C(C)(C)c5cc(N(c7ccc(C(C)(C)C)cc7)c7ccc(C(C)(C)C)cc7)ccc5-6)cc4)ccc2-3)cc1. The monoisotopic (exact) mass is 1070 g/mol. The summed E-state index contributed by atoms with van der Waals surface area (Å²) in [7, 11) is 0. The molecular formula is C80H84N2. The van der Waals surface area contributed by atoms with Crippen molar-refractivity contribution >= 4 is 58.4 Å². The van der Waals surface area contributed by atoms with E-state index in [0.717, 1.165) is 22.7 Å². The second kappa shape index (κ2) is 20.5. The van der Waals surface area contributed by atoms with E-state index in [4.69, 9.17) is 0 Å². The van der Waals surface area contributed by atoms with E-state index in [2.05, 4.69) is 339 Å². The third-order valence-electron chi connectivity index (χ3n) is 17.7. The Morgan fingerprint density at radius 3 is 0.707 bits per heavy atom. The smallest absolute Gasteiger partial charge is 0.0465 e. The van der Waals surface area contributed by atoms with Crippen molar-refractivity contribution in [3.63, 3.8) is 0 Å². The minimum atomic E-state index is -0.181. The van der Waals surface area contributed by atoms with Crippen molar-refractivity contribution in [1.82, 2.24) is 0 Å². The number of hydrogen-bond acceptors (Lipinski definition) is 2. The topological polar surface area (TPSA) is 6.48 Å². The van der Waals surface area contributed by atoms with Crippen molar-refractivity contribution in [2.45, 2.75) is 143 Å². The van der Waals surface area contributed by atoms with Crippen molar-refractivity contribution < 1.29 is 0 Å². The highest BCUT2D eigenvalue weighted by Crippen LogP contribution is 2.53. The Morgan fingerprint density at radius 1 is 0.244 bits per heavy atom. The summed E-state index contributed by atoms with van der Waals surface area (Å²) in [5, 5.41) is 0. The molecule has 2 heteroatoms. The number of benzene rings is 9. The van der Waals surface area contributed by atoms with Crippen LogP contribution in [-0.4, -0.2) is 0 Å². The molecule has 0 atom stereocenters. The average Bonchev–Trinajstić information content (AvgIpc) is 2.20. The van der Waals surface area contributed by atoms with Crippen LogP contribution in [-0.2, 0) is 32.5 Å². The maximum atomic E-state index is 2.44. The number of fused-ring (bicyclic) bond motifs is 6. The van der Waals surface area contributed by atoms with Crippen molar-refractivity contribution in [2.24, 2.45) is 0 Å². The van der Waals surface area contributed by atoms with Crippen LogP contribution in [0.2, 0.25) is 0 Å². The number of anilines is 6. The normalized spacial score (nSPS) is 14.4. The molecule has 0 radical (unpaired) electrons. The first kappa shape index (κ1) is 55.9. The Bertz CT molecular complexity index is 3510. The van der Waals surface area contributed by atoms with Crippen LogP contribution in [0, 0.1) is 0 Å². The summed E-state index contributed by atoms with van der Waals surface area (Å²) in [4.78, 5) is 4.84. The lowest BCUT2D eigenvalue weighted by Crippen LogP contribution is -2.17. The number of hydrogen-bond donors (Lipinski definition) is 0. The molecular weight excluding hydrogens is 989 g/mol. The molecule has 414 valence electrons. The second-order valence-electron chi connectivity index (χ2n) is 28.5. The Morgan fingerprint density at radius 2 is 0.451 bits per heavy atom. The molecule has 82 heavy (non-hydrogen) atoms. The van der Waals surface area contributed by atoms with Gasteiger partial charge >= 0.3 is 0 Å². The van der Waals surface area contributed by atoms with Gasteiger partial charge in [0.1, 0.15) is 0 Å². The minimum absolute atomic E-state index is 0.0790. The summed E-state index contributed by atoms with van der Waals surface area (Å²) < 4.78 is 0. The molecule has 0 N–H and O–H groups in total. The van der Waals surface area contributed by atoms with E-state index in [1.807, 2.05) is 0 Å². The van der Waals surface area contributed by atoms with E-state index in [1.54, 1.807) is 0 Å². The van der Waals surface area contributed by atoms with Crippen LogP contribution in [0.3, 0.4) is 0 Å². The molecule has 0 fully saturated rings. The van der Waals surface area contributed by atoms with Crippen LogP contribution in [0.1, 0.15) is 178 Å². The van der Waals surface area contributed by atoms with Gasteiger partial charge in [0.15, 0.2) is 0 Å². The van der Waals surface area contributed by atoms with E-state index in [9.17, 15) is 0 Å². The summed E-state index contributed by atoms with van der Waals surface area (Å²) >= 11 is 0. The van der Waals surface area contributed by atoms with Crippen molar-refractivity contribution in [2.75, 3.05) is 9.80 Å². The van der Waals surface area contributed by atoms with Crippen LogP contribution >= 0.6 is 0 Å². The van der Waals surface area contributed by atoms with Gasteiger partial charge in [0, 0.05) is 45.0 Å². The maximum Gasteiger partial charge on any atom is 0.0465 e. The zero-order valence-electron chi connectivity index (χ0n) is 51.7. The van der Waals surface area contributed by atoms with Crippen LogP contribution < -0.4 is 9.80 Å². The average molecular weight is 1070 g/mol. The zero-order chi connectivity index (χ0) is 58.3. The van der Waals surface area contributed by atoms with Crippen molar-refractivity contribution in [3.05, 3.63) is 261 Å². The van der Waals surface area contributed by atoms with Gasteiger partial charge in [0.2, 0.25) is 0 Å². The molecule has 0 aliphatic heterocycles. The zero-order valence-corrected chi connectivity index (χ0v) is 51.7. The van der Waals surface area contributed by atoms with E-state index in [-0.39, 0.29) is 32.5 Å². The predicted octanol–water partition coefficient (Wildman–Crippen LogP) is 22.8. The van der Waals surface area contributed by atoms with Gasteiger partial charge in [-0.05, 0) is 183 Å². The summed E-state index contributed by atoms with van der Waals surface area (Å²) in [5.41, 5.74) is 27.7. The summed E-state index contributed by atoms with van der Waals surface area (Å²) in [6.07, 6.45) is 9.01. The van der Waals surface area contributed by atoms with Crippen LogP contribution in [0.5, 0.6) is 0 Å². The lowest BCUT2D eigenvalue weighted by Gasteiger charge is -2.29. The molecule has 11 rings (SSSR count). The van der Waals surface area contributed by atoms with Crippen molar-refractivity contribution in [1.29, 1.82) is 0 Å². The van der Waals surface area contributed by atoms with Gasteiger partial charge < -0.3 is 9.80 Å². The minimum Gasteiger partial charge on any atom is -0.310 e. The Labute approximate surface area is 492 Å². The van der Waals surface area contributed by atoms with Gasteiger partial charge in [-0.1, -0.05) is 256 Å². The largest absolute Gasteiger partial charge is 0.310 e. The number of nitrogens with zero attached hydrogens (tertiary/aromatic N) is 2. The first-order chi connectivity index (χ1) is 38.6. The third-order valence-corrected chi connectivity index (χ3v) is 17.7. The molecule has 0 saturated heterocycles. The quantitative estimate of drug-likeness (QED) is 0.126. The highest BCUT2D eigenvalue weighted by atomic mass is 15.1. The van der Waals surface area contributed by atoms with E-state index >= 15 is 0 Å². The van der Waals surface area contributed by atoms with Gasteiger partial charge in [-0.25, -0.2) is 0 Å². The summed E-state index contributed by atoms with van der Waals surface area (Å²) in [6, 6.07) is 73.7. The van der Waals surface area contributed by atoms with E-state index in [1.165, 1.54) is 100 Å². The molecule has 0 heterocycles.